The van der Waals surface area contributed by atoms with Crippen molar-refractivity contribution in [2.45, 2.75) is 6.92 Å². The predicted molar refractivity (Wildman–Crippen MR) is 114 cm³/mol. The molecule has 0 spiro atoms. The van der Waals surface area contributed by atoms with Crippen molar-refractivity contribution in [3.8, 4) is 17.1 Å². The summed E-state index contributed by atoms with van der Waals surface area (Å²) in [5.41, 5.74) is 1.84. The molecule has 0 aliphatic carbocycles. The Labute approximate surface area is 176 Å². The number of ether oxygens (including phenoxy) is 1. The van der Waals surface area contributed by atoms with Crippen LogP contribution in [0.1, 0.15) is 15.9 Å². The maximum atomic E-state index is 13.1. The first kappa shape index (κ1) is 19.9. The second-order valence-electron chi connectivity index (χ2n) is 6.81. The van der Waals surface area contributed by atoms with Crippen molar-refractivity contribution in [3.05, 3.63) is 98.9 Å². The monoisotopic (exact) mass is 422 g/mol. The van der Waals surface area contributed by atoms with Gasteiger partial charge in [-0.2, -0.15) is 0 Å². The van der Waals surface area contributed by atoms with Crippen LogP contribution in [-0.4, -0.2) is 12.4 Å². The fourth-order valence-electron chi connectivity index (χ4n) is 3.06. The summed E-state index contributed by atoms with van der Waals surface area (Å²) in [6.45, 7) is 1.50. The van der Waals surface area contributed by atoms with Gasteiger partial charge in [-0.05, 0) is 73.2 Å². The highest BCUT2D eigenvalue weighted by Crippen LogP contribution is 2.32. The standard InChI is InChI=1S/C24H16ClFO4/c1-14-2-11-19-21(12-14)30-23(16-3-7-17(25)8-4-16)24(22(19)28)29-13-20(27)15-5-9-18(26)10-6-15/h2-12H,13H2,1H3. The Balaban J connectivity index is 1.77. The molecule has 3 aromatic carbocycles. The summed E-state index contributed by atoms with van der Waals surface area (Å²) in [5.74, 6) is -0.686. The van der Waals surface area contributed by atoms with Crippen LogP contribution in [0.3, 0.4) is 0 Å². The Morgan fingerprint density at radius 2 is 1.73 bits per heavy atom. The molecule has 0 amide bonds. The summed E-state index contributed by atoms with van der Waals surface area (Å²) in [6, 6.07) is 17.1. The normalized spacial score (nSPS) is 10.9. The van der Waals surface area contributed by atoms with Crippen molar-refractivity contribution < 1.29 is 18.3 Å². The van der Waals surface area contributed by atoms with E-state index in [0.717, 1.165) is 5.56 Å². The Hall–Kier alpha value is -3.44. The largest absolute Gasteiger partial charge is 0.478 e. The van der Waals surface area contributed by atoms with Gasteiger partial charge < -0.3 is 9.15 Å². The first-order valence-corrected chi connectivity index (χ1v) is 9.55. The molecule has 1 heterocycles. The molecule has 0 radical (unpaired) electrons. The molecule has 4 aromatic rings. The Morgan fingerprint density at radius 3 is 2.43 bits per heavy atom. The van der Waals surface area contributed by atoms with Gasteiger partial charge >= 0.3 is 0 Å². The van der Waals surface area contributed by atoms with Crippen molar-refractivity contribution in [1.29, 1.82) is 0 Å². The molecule has 0 saturated carbocycles. The fourth-order valence-corrected chi connectivity index (χ4v) is 3.19. The molecule has 4 rings (SSSR count). The van der Waals surface area contributed by atoms with Crippen LogP contribution in [0.4, 0.5) is 4.39 Å². The zero-order valence-electron chi connectivity index (χ0n) is 15.9. The van der Waals surface area contributed by atoms with Gasteiger partial charge in [0.25, 0.3) is 0 Å². The van der Waals surface area contributed by atoms with Gasteiger partial charge in [-0.15, -0.1) is 0 Å². The van der Waals surface area contributed by atoms with Gasteiger partial charge in [0.2, 0.25) is 11.2 Å². The topological polar surface area (TPSA) is 56.5 Å². The van der Waals surface area contributed by atoms with Crippen LogP contribution in [0.2, 0.25) is 5.02 Å². The summed E-state index contributed by atoms with van der Waals surface area (Å²) in [4.78, 5) is 25.6. The van der Waals surface area contributed by atoms with Crippen LogP contribution in [0.5, 0.6) is 5.75 Å². The molecular formula is C24H16ClFO4. The molecule has 30 heavy (non-hydrogen) atoms. The number of rotatable bonds is 5. The third-order valence-electron chi connectivity index (χ3n) is 4.63. The minimum atomic E-state index is -0.442. The summed E-state index contributed by atoms with van der Waals surface area (Å²) < 4.78 is 24.8. The van der Waals surface area contributed by atoms with Crippen LogP contribution < -0.4 is 10.2 Å². The molecule has 6 heteroatoms. The third kappa shape index (κ3) is 3.98. The molecule has 0 aliphatic rings. The smallest absolute Gasteiger partial charge is 0.235 e. The zero-order valence-corrected chi connectivity index (χ0v) is 16.7. The van der Waals surface area contributed by atoms with Crippen molar-refractivity contribution in [2.24, 2.45) is 0 Å². The molecule has 0 unspecified atom stereocenters. The Kier molecular flexibility index (Phi) is 5.38. The van der Waals surface area contributed by atoms with Gasteiger partial charge in [-0.25, -0.2) is 4.39 Å². The van der Waals surface area contributed by atoms with Gasteiger partial charge in [0, 0.05) is 16.1 Å². The highest BCUT2D eigenvalue weighted by atomic mass is 35.5. The lowest BCUT2D eigenvalue weighted by Crippen LogP contribution is -2.17. The van der Waals surface area contributed by atoms with E-state index >= 15 is 0 Å². The average molecular weight is 423 g/mol. The van der Waals surface area contributed by atoms with Gasteiger partial charge in [0.1, 0.15) is 11.4 Å². The zero-order chi connectivity index (χ0) is 21.3. The highest BCUT2D eigenvalue weighted by Gasteiger charge is 2.19. The lowest BCUT2D eigenvalue weighted by molar-refractivity contribution is 0.0920. The van der Waals surface area contributed by atoms with E-state index in [0.29, 0.717) is 21.6 Å². The molecule has 0 bridgehead atoms. The molecule has 0 aliphatic heterocycles. The number of ketones is 1. The lowest BCUT2D eigenvalue weighted by Gasteiger charge is -2.12. The molecule has 150 valence electrons. The number of carbonyl (C=O) groups is 1. The van der Waals surface area contributed by atoms with Gasteiger partial charge in [-0.3, -0.25) is 9.59 Å². The van der Waals surface area contributed by atoms with Crippen LogP contribution in [0.15, 0.2) is 75.9 Å². The first-order chi connectivity index (χ1) is 14.4. The van der Waals surface area contributed by atoms with Gasteiger partial charge in [0.15, 0.2) is 18.2 Å². The van der Waals surface area contributed by atoms with Crippen molar-refractivity contribution >= 4 is 28.4 Å². The summed E-state index contributed by atoms with van der Waals surface area (Å²) in [5, 5.41) is 0.884. The number of hydrogen-bond acceptors (Lipinski definition) is 4. The average Bonchev–Trinajstić information content (AvgIpc) is 2.73. The fraction of sp³-hybridized carbons (Fsp3) is 0.0833. The van der Waals surface area contributed by atoms with Crippen molar-refractivity contribution in [2.75, 3.05) is 6.61 Å². The SMILES string of the molecule is Cc1ccc2c(=O)c(OCC(=O)c3ccc(F)cc3)c(-c3ccc(Cl)cc3)oc2c1. The lowest BCUT2D eigenvalue weighted by atomic mass is 10.1. The number of aryl methyl sites for hydroxylation is 1. The summed E-state index contributed by atoms with van der Waals surface area (Å²) in [7, 11) is 0. The molecule has 0 atom stereocenters. The maximum absolute atomic E-state index is 13.1. The third-order valence-corrected chi connectivity index (χ3v) is 4.88. The predicted octanol–water partition coefficient (Wildman–Crippen LogP) is 5.82. The molecular weight excluding hydrogens is 407 g/mol. The van der Waals surface area contributed by atoms with Crippen LogP contribution in [-0.2, 0) is 0 Å². The number of benzene rings is 3. The molecule has 0 saturated heterocycles. The van der Waals surface area contributed by atoms with E-state index in [4.69, 9.17) is 20.8 Å². The van der Waals surface area contributed by atoms with E-state index in [-0.39, 0.29) is 28.3 Å². The number of fused-ring (bicyclic) bond motifs is 1. The highest BCUT2D eigenvalue weighted by molar-refractivity contribution is 6.30. The van der Waals surface area contributed by atoms with E-state index in [2.05, 4.69) is 0 Å². The molecule has 1 aromatic heterocycles. The van der Waals surface area contributed by atoms with Crippen molar-refractivity contribution in [3.63, 3.8) is 0 Å². The van der Waals surface area contributed by atoms with Crippen molar-refractivity contribution in [1.82, 2.24) is 0 Å². The number of hydrogen-bond donors (Lipinski definition) is 0. The molecule has 4 nitrogen and oxygen atoms in total. The van der Waals surface area contributed by atoms with E-state index in [1.54, 1.807) is 42.5 Å². The minimum absolute atomic E-state index is 0.0656. The van der Waals surface area contributed by atoms with Crippen LogP contribution >= 0.6 is 11.6 Å². The Morgan fingerprint density at radius 1 is 1.03 bits per heavy atom. The second kappa shape index (κ2) is 8.13. The first-order valence-electron chi connectivity index (χ1n) is 9.17. The van der Waals surface area contributed by atoms with Gasteiger partial charge in [-0.1, -0.05) is 17.7 Å². The van der Waals surface area contributed by atoms with Crippen LogP contribution in [0.25, 0.3) is 22.3 Å². The number of Topliss-reactive ketones (excluding diaryl/α,β-unsaturated/α-hetero) is 1. The number of carbonyl (C=O) groups excluding carboxylic acids is 1. The summed E-state index contributed by atoms with van der Waals surface area (Å²) >= 11 is 5.97. The van der Waals surface area contributed by atoms with E-state index in [1.807, 2.05) is 6.92 Å². The maximum Gasteiger partial charge on any atom is 0.235 e. The van der Waals surface area contributed by atoms with E-state index in [1.165, 1.54) is 24.3 Å². The van der Waals surface area contributed by atoms with Crippen LogP contribution in [0, 0.1) is 12.7 Å². The van der Waals surface area contributed by atoms with E-state index < -0.39 is 12.4 Å². The second-order valence-corrected chi connectivity index (χ2v) is 7.25. The summed E-state index contributed by atoms with van der Waals surface area (Å²) in [6.07, 6.45) is 0. The van der Waals surface area contributed by atoms with E-state index in [9.17, 15) is 14.0 Å². The number of halogens is 2. The molecule has 0 fully saturated rings. The minimum Gasteiger partial charge on any atom is -0.478 e. The molecule has 0 N–H and O–H groups in total. The Bertz CT molecular complexity index is 1290. The van der Waals surface area contributed by atoms with Gasteiger partial charge in [0.05, 0.1) is 5.39 Å². The quantitative estimate of drug-likeness (QED) is 0.380.